The Morgan fingerprint density at radius 1 is 1.41 bits per heavy atom. The minimum atomic E-state index is -0.683. The number of nitrogens with one attached hydrogen (secondary N) is 1. The van der Waals surface area contributed by atoms with Crippen LogP contribution in [0.3, 0.4) is 0 Å². The summed E-state index contributed by atoms with van der Waals surface area (Å²) in [6, 6.07) is 8.62. The first-order valence-corrected chi connectivity index (χ1v) is 6.72. The van der Waals surface area contributed by atoms with Crippen LogP contribution >= 0.6 is 15.9 Å². The molecule has 1 aliphatic heterocycles. The smallest absolute Gasteiger partial charge is 0.0917 e. The summed E-state index contributed by atoms with van der Waals surface area (Å²) in [4.78, 5) is 2.26. The van der Waals surface area contributed by atoms with Gasteiger partial charge in [0.05, 0.1) is 5.60 Å². The van der Waals surface area contributed by atoms with Gasteiger partial charge in [-0.05, 0) is 38.1 Å². The molecule has 1 saturated heterocycles. The lowest BCUT2D eigenvalue weighted by atomic mass is 10.1. The molecule has 1 aromatic rings. The molecule has 2 N–H and O–H groups in total. The van der Waals surface area contributed by atoms with Crippen LogP contribution in [0.25, 0.3) is 0 Å². The normalized spacial score (nSPS) is 30.1. The van der Waals surface area contributed by atoms with Gasteiger partial charge in [0.2, 0.25) is 0 Å². The predicted molar refractivity (Wildman–Crippen MR) is 74.4 cm³/mol. The minimum Gasteiger partial charge on any atom is -0.387 e. The van der Waals surface area contributed by atoms with E-state index in [4.69, 9.17) is 0 Å². The van der Waals surface area contributed by atoms with Crippen molar-refractivity contribution >= 4 is 21.6 Å². The molecule has 94 valence electrons. The van der Waals surface area contributed by atoms with E-state index < -0.39 is 5.60 Å². The summed E-state index contributed by atoms with van der Waals surface area (Å²) >= 11 is 3.44. The number of halogens is 1. The first-order chi connectivity index (χ1) is 7.98. The van der Waals surface area contributed by atoms with Crippen molar-refractivity contribution in [3.05, 3.63) is 28.7 Å². The Hall–Kier alpha value is -0.580. The average Bonchev–Trinajstić information content (AvgIpc) is 2.39. The molecule has 1 aromatic carbocycles. The van der Waals surface area contributed by atoms with Gasteiger partial charge in [0.1, 0.15) is 0 Å². The molecule has 0 saturated carbocycles. The first-order valence-electron chi connectivity index (χ1n) is 5.93. The van der Waals surface area contributed by atoms with Crippen LogP contribution in [0.2, 0.25) is 0 Å². The SMILES string of the molecule is CC1CNCC(C)(O)CN1c1ccc(Br)cc1. The molecule has 17 heavy (non-hydrogen) atoms. The highest BCUT2D eigenvalue weighted by atomic mass is 79.9. The summed E-state index contributed by atoms with van der Waals surface area (Å²) in [5, 5.41) is 13.5. The van der Waals surface area contributed by atoms with Crippen LogP contribution in [0.15, 0.2) is 28.7 Å². The van der Waals surface area contributed by atoms with Gasteiger partial charge >= 0.3 is 0 Å². The van der Waals surface area contributed by atoms with Crippen LogP contribution < -0.4 is 10.2 Å². The topological polar surface area (TPSA) is 35.5 Å². The highest BCUT2D eigenvalue weighted by molar-refractivity contribution is 9.10. The maximum absolute atomic E-state index is 10.2. The molecular weight excluding hydrogens is 280 g/mol. The predicted octanol–water partition coefficient (Wildman–Crippen LogP) is 2.00. The number of rotatable bonds is 1. The Bertz CT molecular complexity index is 378. The quantitative estimate of drug-likeness (QED) is 0.832. The van der Waals surface area contributed by atoms with Gasteiger partial charge in [-0.3, -0.25) is 0 Å². The molecule has 1 fully saturated rings. The molecule has 4 heteroatoms. The van der Waals surface area contributed by atoms with Gasteiger partial charge < -0.3 is 15.3 Å². The summed E-state index contributed by atoms with van der Waals surface area (Å²) in [6.07, 6.45) is 0. The number of nitrogens with zero attached hydrogens (tertiary/aromatic N) is 1. The van der Waals surface area contributed by atoms with Gasteiger partial charge in [-0.1, -0.05) is 15.9 Å². The zero-order valence-corrected chi connectivity index (χ0v) is 11.9. The summed E-state index contributed by atoms with van der Waals surface area (Å²) < 4.78 is 1.08. The molecule has 2 unspecified atom stereocenters. The van der Waals surface area contributed by atoms with Crippen molar-refractivity contribution < 1.29 is 5.11 Å². The zero-order chi connectivity index (χ0) is 12.5. The highest BCUT2D eigenvalue weighted by Crippen LogP contribution is 2.23. The number of benzene rings is 1. The number of hydrogen-bond donors (Lipinski definition) is 2. The Morgan fingerprint density at radius 2 is 2.06 bits per heavy atom. The molecule has 0 aromatic heterocycles. The summed E-state index contributed by atoms with van der Waals surface area (Å²) in [7, 11) is 0. The highest BCUT2D eigenvalue weighted by Gasteiger charge is 2.29. The Kier molecular flexibility index (Phi) is 3.76. The molecule has 2 atom stereocenters. The second-order valence-corrected chi connectivity index (χ2v) is 6.00. The van der Waals surface area contributed by atoms with Crippen LogP contribution in [-0.4, -0.2) is 36.4 Å². The van der Waals surface area contributed by atoms with Crippen molar-refractivity contribution in [2.24, 2.45) is 0 Å². The zero-order valence-electron chi connectivity index (χ0n) is 10.3. The Balaban J connectivity index is 2.24. The molecule has 0 amide bonds. The largest absolute Gasteiger partial charge is 0.387 e. The molecule has 1 aliphatic rings. The molecule has 0 aliphatic carbocycles. The maximum Gasteiger partial charge on any atom is 0.0917 e. The van der Waals surface area contributed by atoms with Crippen LogP contribution in [-0.2, 0) is 0 Å². The lowest BCUT2D eigenvalue weighted by molar-refractivity contribution is 0.0726. The van der Waals surface area contributed by atoms with Gasteiger partial charge in [0.25, 0.3) is 0 Å². The third kappa shape index (κ3) is 3.21. The molecular formula is C13H19BrN2O. The van der Waals surface area contributed by atoms with Gasteiger partial charge in [0.15, 0.2) is 0 Å². The second-order valence-electron chi connectivity index (χ2n) is 5.08. The van der Waals surface area contributed by atoms with Gasteiger partial charge in [-0.15, -0.1) is 0 Å². The van der Waals surface area contributed by atoms with E-state index in [0.717, 1.165) is 16.7 Å². The van der Waals surface area contributed by atoms with Crippen molar-refractivity contribution in [1.29, 1.82) is 0 Å². The fourth-order valence-corrected chi connectivity index (χ4v) is 2.48. The van der Waals surface area contributed by atoms with Crippen LogP contribution in [0.4, 0.5) is 5.69 Å². The van der Waals surface area contributed by atoms with Crippen LogP contribution in [0, 0.1) is 0 Å². The fraction of sp³-hybridized carbons (Fsp3) is 0.538. The van der Waals surface area contributed by atoms with Gasteiger partial charge in [-0.25, -0.2) is 0 Å². The number of β-amino-alcohol motifs (C(OH)–C–C–N with tert-alkyl or cyclic N) is 1. The van der Waals surface area contributed by atoms with Crippen molar-refractivity contribution in [3.8, 4) is 0 Å². The van der Waals surface area contributed by atoms with E-state index in [-0.39, 0.29) is 0 Å². The Labute approximate surface area is 111 Å². The summed E-state index contributed by atoms with van der Waals surface area (Å²) in [5.41, 5.74) is 0.474. The van der Waals surface area contributed by atoms with Gasteiger partial charge in [0, 0.05) is 35.8 Å². The molecule has 0 radical (unpaired) electrons. The monoisotopic (exact) mass is 298 g/mol. The molecule has 3 nitrogen and oxygen atoms in total. The van der Waals surface area contributed by atoms with E-state index in [9.17, 15) is 5.11 Å². The standard InChI is InChI=1S/C13H19BrN2O/c1-10-7-15-8-13(2,17)9-16(10)12-5-3-11(14)4-6-12/h3-6,10,15,17H,7-9H2,1-2H3. The van der Waals surface area contributed by atoms with Crippen molar-refractivity contribution in [3.63, 3.8) is 0 Å². The summed E-state index contributed by atoms with van der Waals surface area (Å²) in [5.74, 6) is 0. The van der Waals surface area contributed by atoms with E-state index in [2.05, 4.69) is 45.2 Å². The average molecular weight is 299 g/mol. The number of anilines is 1. The van der Waals surface area contributed by atoms with Crippen LogP contribution in [0.1, 0.15) is 13.8 Å². The van der Waals surface area contributed by atoms with E-state index in [0.29, 0.717) is 19.1 Å². The van der Waals surface area contributed by atoms with Crippen LogP contribution in [0.5, 0.6) is 0 Å². The van der Waals surface area contributed by atoms with E-state index in [1.54, 1.807) is 0 Å². The van der Waals surface area contributed by atoms with Crippen molar-refractivity contribution in [2.75, 3.05) is 24.5 Å². The van der Waals surface area contributed by atoms with Crippen molar-refractivity contribution in [1.82, 2.24) is 5.32 Å². The minimum absolute atomic E-state index is 0.380. The second kappa shape index (κ2) is 4.96. The molecule has 2 rings (SSSR count). The van der Waals surface area contributed by atoms with Gasteiger partial charge in [-0.2, -0.15) is 0 Å². The molecule has 1 heterocycles. The molecule has 0 bridgehead atoms. The lowest BCUT2D eigenvalue weighted by Gasteiger charge is -2.33. The van der Waals surface area contributed by atoms with E-state index in [1.807, 2.05) is 19.1 Å². The first kappa shape index (κ1) is 12.9. The number of hydrogen-bond acceptors (Lipinski definition) is 3. The van der Waals surface area contributed by atoms with E-state index in [1.165, 1.54) is 0 Å². The Morgan fingerprint density at radius 3 is 2.71 bits per heavy atom. The summed E-state index contributed by atoms with van der Waals surface area (Å²) in [6.45, 7) is 6.25. The molecule has 0 spiro atoms. The third-order valence-electron chi connectivity index (χ3n) is 3.15. The maximum atomic E-state index is 10.2. The van der Waals surface area contributed by atoms with Crippen molar-refractivity contribution in [2.45, 2.75) is 25.5 Å². The lowest BCUT2D eigenvalue weighted by Crippen LogP contribution is -2.45. The van der Waals surface area contributed by atoms with E-state index >= 15 is 0 Å². The number of aliphatic hydroxyl groups is 1. The third-order valence-corrected chi connectivity index (χ3v) is 3.68. The fourth-order valence-electron chi connectivity index (χ4n) is 2.22.